The second kappa shape index (κ2) is 18.8. The molecule has 0 aliphatic carbocycles. The molecule has 0 saturated carbocycles. The first kappa shape index (κ1) is 46.3. The van der Waals surface area contributed by atoms with E-state index in [2.05, 4.69) is 258 Å². The highest BCUT2D eigenvalue weighted by atomic mass is 79.9. The van der Waals surface area contributed by atoms with Gasteiger partial charge in [-0.1, -0.05) is 210 Å². The van der Waals surface area contributed by atoms with Crippen molar-refractivity contribution in [1.29, 1.82) is 0 Å². The molecule has 0 fully saturated rings. The summed E-state index contributed by atoms with van der Waals surface area (Å²) in [5.41, 5.74) is 12.1. The van der Waals surface area contributed by atoms with Crippen molar-refractivity contribution in [1.82, 2.24) is 9.13 Å². The minimum atomic E-state index is -1.78. The lowest BCUT2D eigenvalue weighted by Crippen LogP contribution is -2.55. The Hall–Kier alpha value is -3.69. The molecule has 0 amide bonds. The first-order valence-corrected chi connectivity index (χ1v) is 29.1. The molecule has 8 aromatic rings. The van der Waals surface area contributed by atoms with Crippen LogP contribution in [0.25, 0.3) is 43.6 Å². The van der Waals surface area contributed by atoms with Crippen LogP contribution in [0.1, 0.15) is 94.2 Å². The third kappa shape index (κ3) is 8.27. The number of benzene rings is 6. The Kier molecular flexibility index (Phi) is 14.0. The fourth-order valence-corrected chi connectivity index (χ4v) is 26.8. The van der Waals surface area contributed by atoms with Crippen molar-refractivity contribution in [3.05, 3.63) is 154 Å². The smallest absolute Gasteiger partial charge is 0.0942 e. The third-order valence-corrected chi connectivity index (χ3v) is 29.8. The summed E-state index contributed by atoms with van der Waals surface area (Å²) in [4.78, 5) is 0. The van der Waals surface area contributed by atoms with Gasteiger partial charge in [-0.3, -0.25) is 0 Å². The van der Waals surface area contributed by atoms with Crippen LogP contribution < -0.4 is 10.4 Å². The average Bonchev–Trinajstić information content (AvgIpc) is 3.68. The molecular weight excluding hydrogens is 917 g/mol. The van der Waals surface area contributed by atoms with Crippen molar-refractivity contribution in [2.24, 2.45) is 0 Å². The molecule has 6 aromatic carbocycles. The fraction of sp³-hybridized carbons (Fsp3) is 0.357. The molecule has 0 unspecified atom stereocenters. The first-order chi connectivity index (χ1) is 29.5. The predicted molar refractivity (Wildman–Crippen MR) is 287 cm³/mol. The van der Waals surface area contributed by atoms with Gasteiger partial charge in [0.1, 0.15) is 0 Å². The largest absolute Gasteiger partial charge is 0.336 e. The van der Waals surface area contributed by atoms with Gasteiger partial charge in [-0.05, 0) is 92.9 Å². The monoisotopic (exact) mass is 982 g/mol. The van der Waals surface area contributed by atoms with E-state index >= 15 is 0 Å². The molecule has 2 nitrogen and oxygen atoms in total. The maximum Gasteiger partial charge on any atom is 0.0942 e. The van der Waals surface area contributed by atoms with Gasteiger partial charge in [-0.15, -0.1) is 0 Å². The molecule has 2 heterocycles. The van der Waals surface area contributed by atoms with E-state index in [1.54, 1.807) is 10.4 Å². The summed E-state index contributed by atoms with van der Waals surface area (Å²) in [5.74, 6) is 0. The highest BCUT2D eigenvalue weighted by molar-refractivity contribution is 9.10. The molecule has 2 aromatic heterocycles. The predicted octanol–water partition coefficient (Wildman–Crippen LogP) is 17.0. The molecule has 0 aliphatic rings. The van der Waals surface area contributed by atoms with E-state index in [0.717, 1.165) is 22.0 Å². The van der Waals surface area contributed by atoms with Gasteiger partial charge in [0.05, 0.1) is 16.1 Å². The lowest BCUT2D eigenvalue weighted by atomic mass is 10.1. The number of aromatic nitrogens is 2. The Morgan fingerprint density at radius 3 is 0.919 bits per heavy atom. The van der Waals surface area contributed by atoms with Crippen LogP contribution in [0.3, 0.4) is 0 Å². The lowest BCUT2D eigenvalue weighted by molar-refractivity contribution is 0.835. The minimum absolute atomic E-state index is 0.695. The van der Waals surface area contributed by atoms with Crippen molar-refractivity contribution < 1.29 is 0 Å². The van der Waals surface area contributed by atoms with Gasteiger partial charge in [0, 0.05) is 65.6 Å². The highest BCUT2D eigenvalue weighted by Gasteiger charge is 2.46. The topological polar surface area (TPSA) is 9.86 Å². The molecule has 0 atom stereocenters. The summed E-state index contributed by atoms with van der Waals surface area (Å²) in [6, 6.07) is 49.9. The zero-order valence-electron chi connectivity index (χ0n) is 39.2. The fourth-order valence-electron chi connectivity index (χ4n) is 12.6. The van der Waals surface area contributed by atoms with Gasteiger partial charge in [-0.25, -0.2) is 0 Å². The van der Waals surface area contributed by atoms with Crippen molar-refractivity contribution >= 4 is 102 Å². The quantitative estimate of drug-likeness (QED) is 0.108. The summed E-state index contributed by atoms with van der Waals surface area (Å²) >= 11 is 7.18. The number of hydrogen-bond acceptors (Lipinski definition) is 0. The van der Waals surface area contributed by atoms with E-state index in [9.17, 15) is 0 Å². The molecule has 324 valence electrons. The molecular formula is C56H68Br2N2Si2. The average molecular weight is 985 g/mol. The Morgan fingerprint density at radius 1 is 0.355 bits per heavy atom. The van der Waals surface area contributed by atoms with Crippen LogP contribution in [0.5, 0.6) is 0 Å². The SMILES string of the molecule is Brc1ccc2c(c1)c1cc(Br)ccc1n2Cc1ccccc1.CC(C)[Si](c1ccc2c(c1)c1cc([Si](C(C)C)(C(C)C)C(C)C)ccc1n2Cc1ccccc1)(C(C)C)C(C)C. The van der Waals surface area contributed by atoms with Crippen LogP contribution in [0, 0.1) is 0 Å². The second-order valence-electron chi connectivity index (χ2n) is 19.7. The zero-order chi connectivity index (χ0) is 44.7. The molecule has 0 bridgehead atoms. The van der Waals surface area contributed by atoms with Crippen LogP contribution in [-0.2, 0) is 13.1 Å². The molecule has 0 N–H and O–H groups in total. The second-order valence-corrected chi connectivity index (χ2v) is 33.4. The Bertz CT molecular complexity index is 2600. The van der Waals surface area contributed by atoms with Crippen LogP contribution in [-0.4, -0.2) is 25.3 Å². The van der Waals surface area contributed by atoms with Gasteiger partial charge in [-0.2, -0.15) is 0 Å². The summed E-state index contributed by atoms with van der Waals surface area (Å²) in [6.07, 6.45) is 0. The van der Waals surface area contributed by atoms with Crippen molar-refractivity contribution in [2.75, 3.05) is 0 Å². The van der Waals surface area contributed by atoms with Gasteiger partial charge >= 0.3 is 0 Å². The summed E-state index contributed by atoms with van der Waals surface area (Å²) in [5, 5.41) is 8.77. The van der Waals surface area contributed by atoms with Crippen molar-refractivity contribution in [2.45, 2.75) is 129 Å². The number of hydrogen-bond donors (Lipinski definition) is 0. The third-order valence-electron chi connectivity index (χ3n) is 14.8. The molecule has 0 saturated heterocycles. The van der Waals surface area contributed by atoms with E-state index in [-0.39, 0.29) is 0 Å². The van der Waals surface area contributed by atoms with Crippen molar-refractivity contribution in [3.8, 4) is 0 Å². The lowest BCUT2D eigenvalue weighted by Gasteiger charge is -2.44. The van der Waals surface area contributed by atoms with E-state index in [4.69, 9.17) is 0 Å². The van der Waals surface area contributed by atoms with Gasteiger partial charge in [0.2, 0.25) is 0 Å². The van der Waals surface area contributed by atoms with Gasteiger partial charge in [0.15, 0.2) is 0 Å². The first-order valence-electron chi connectivity index (χ1n) is 23.0. The van der Waals surface area contributed by atoms with Crippen molar-refractivity contribution in [3.63, 3.8) is 0 Å². The van der Waals surface area contributed by atoms with E-state index in [1.165, 1.54) is 54.7 Å². The molecule has 6 heteroatoms. The normalized spacial score (nSPS) is 12.7. The highest BCUT2D eigenvalue weighted by Crippen LogP contribution is 2.44. The van der Waals surface area contributed by atoms with Gasteiger partial charge in [0.25, 0.3) is 0 Å². The number of nitrogens with zero attached hydrogens (tertiary/aromatic N) is 2. The molecule has 0 spiro atoms. The number of fused-ring (bicyclic) bond motifs is 6. The maximum atomic E-state index is 3.59. The standard InChI is InChI=1S/C37H55NSi2.C19H13Br2N/c1-25(2)39(26(3)4,27(5)6)32-18-20-36-34(22-32)35-23-33(40(28(7)8,29(9)10)30(11)12)19-21-37(35)38(36)24-31-16-14-13-15-17-31;20-14-6-8-18-16(10-14)17-11-15(21)7-9-19(17)22(18)12-13-4-2-1-3-5-13/h13-23,25-30H,24H2,1-12H3;1-11H,12H2. The van der Waals surface area contributed by atoms with Crippen LogP contribution in [0.15, 0.2) is 142 Å². The van der Waals surface area contributed by atoms with Gasteiger partial charge < -0.3 is 9.13 Å². The molecule has 62 heavy (non-hydrogen) atoms. The number of rotatable bonds is 12. The Balaban J connectivity index is 0.000000219. The molecule has 8 rings (SSSR count). The summed E-state index contributed by atoms with van der Waals surface area (Å²) in [7, 11) is -3.56. The number of halogens is 2. The summed E-state index contributed by atoms with van der Waals surface area (Å²) < 4.78 is 7.19. The Morgan fingerprint density at radius 2 is 0.629 bits per heavy atom. The zero-order valence-corrected chi connectivity index (χ0v) is 44.4. The van der Waals surface area contributed by atoms with Crippen LogP contribution in [0.4, 0.5) is 0 Å². The minimum Gasteiger partial charge on any atom is -0.336 e. The van der Waals surface area contributed by atoms with Crippen LogP contribution in [0.2, 0.25) is 33.2 Å². The maximum absolute atomic E-state index is 3.59. The summed E-state index contributed by atoms with van der Waals surface area (Å²) in [6.45, 7) is 31.6. The molecule has 0 aliphatic heterocycles. The Labute approximate surface area is 391 Å². The molecule has 0 radical (unpaired) electrons. The van der Waals surface area contributed by atoms with E-state index in [0.29, 0.717) is 33.2 Å². The van der Waals surface area contributed by atoms with E-state index in [1.807, 2.05) is 0 Å². The van der Waals surface area contributed by atoms with Crippen LogP contribution >= 0.6 is 31.9 Å². The van der Waals surface area contributed by atoms with E-state index < -0.39 is 16.1 Å².